The van der Waals surface area contributed by atoms with Crippen molar-refractivity contribution in [3.05, 3.63) is 63.9 Å². The van der Waals surface area contributed by atoms with Crippen LogP contribution in [0.1, 0.15) is 28.5 Å². The molecule has 2 aromatic rings. The van der Waals surface area contributed by atoms with E-state index in [2.05, 4.69) is 27.0 Å². The Morgan fingerprint density at radius 1 is 1.33 bits per heavy atom. The van der Waals surface area contributed by atoms with E-state index in [1.54, 1.807) is 29.3 Å². The number of rotatable bonds is 4. The normalized spacial score (nSPS) is 9.95. The standard InChI is InChI=1S/C16H14BrN3O/c1-2-20(11-13-7-4-3-6-12(13)10-18)16(21)15-14(17)8-5-9-19-15/h3-9H,2,11H2,1H3. The van der Waals surface area contributed by atoms with Crippen molar-refractivity contribution in [3.8, 4) is 6.07 Å². The predicted molar refractivity (Wildman–Crippen MR) is 83.5 cm³/mol. The van der Waals surface area contributed by atoms with Gasteiger partial charge in [-0.1, -0.05) is 18.2 Å². The van der Waals surface area contributed by atoms with Gasteiger partial charge in [0.1, 0.15) is 5.69 Å². The minimum Gasteiger partial charge on any atom is -0.333 e. The average molecular weight is 344 g/mol. The Morgan fingerprint density at radius 3 is 2.76 bits per heavy atom. The highest BCUT2D eigenvalue weighted by molar-refractivity contribution is 9.10. The molecule has 0 aliphatic rings. The Bertz CT molecular complexity index is 694. The Morgan fingerprint density at radius 2 is 2.10 bits per heavy atom. The summed E-state index contributed by atoms with van der Waals surface area (Å²) in [6.07, 6.45) is 1.59. The molecule has 0 saturated carbocycles. The van der Waals surface area contributed by atoms with Gasteiger partial charge in [-0.15, -0.1) is 0 Å². The lowest BCUT2D eigenvalue weighted by Gasteiger charge is -2.21. The van der Waals surface area contributed by atoms with E-state index in [0.717, 1.165) is 5.56 Å². The second kappa shape index (κ2) is 7.00. The molecule has 0 aliphatic carbocycles. The fourth-order valence-corrected chi connectivity index (χ4v) is 2.42. The molecule has 0 fully saturated rings. The molecule has 1 aromatic heterocycles. The van der Waals surface area contributed by atoms with E-state index in [9.17, 15) is 4.79 Å². The number of hydrogen-bond donors (Lipinski definition) is 0. The zero-order chi connectivity index (χ0) is 15.2. The van der Waals surface area contributed by atoms with Crippen LogP contribution in [0.3, 0.4) is 0 Å². The minimum atomic E-state index is -0.155. The molecular formula is C16H14BrN3O. The SMILES string of the molecule is CCN(Cc1ccccc1C#N)C(=O)c1ncccc1Br. The largest absolute Gasteiger partial charge is 0.333 e. The summed E-state index contributed by atoms with van der Waals surface area (Å²) in [5.41, 5.74) is 1.81. The van der Waals surface area contributed by atoms with Gasteiger partial charge >= 0.3 is 0 Å². The molecule has 2 rings (SSSR count). The highest BCUT2D eigenvalue weighted by Crippen LogP contribution is 2.18. The fourth-order valence-electron chi connectivity index (χ4n) is 1.99. The number of hydrogen-bond acceptors (Lipinski definition) is 3. The fraction of sp³-hybridized carbons (Fsp3) is 0.188. The average Bonchev–Trinajstić information content (AvgIpc) is 2.52. The van der Waals surface area contributed by atoms with E-state index in [4.69, 9.17) is 5.26 Å². The quantitative estimate of drug-likeness (QED) is 0.854. The van der Waals surface area contributed by atoms with E-state index in [1.165, 1.54) is 0 Å². The lowest BCUT2D eigenvalue weighted by atomic mass is 10.1. The number of pyridine rings is 1. The molecule has 0 atom stereocenters. The van der Waals surface area contributed by atoms with Gasteiger partial charge in [0.2, 0.25) is 0 Å². The molecule has 1 heterocycles. The van der Waals surface area contributed by atoms with E-state index < -0.39 is 0 Å². The molecule has 5 heteroatoms. The van der Waals surface area contributed by atoms with Crippen LogP contribution in [0.5, 0.6) is 0 Å². The maximum atomic E-state index is 12.6. The number of nitrogens with zero attached hydrogens (tertiary/aromatic N) is 3. The van der Waals surface area contributed by atoms with Gasteiger partial charge in [0.25, 0.3) is 5.91 Å². The van der Waals surface area contributed by atoms with Crippen LogP contribution in [-0.4, -0.2) is 22.3 Å². The van der Waals surface area contributed by atoms with Crippen LogP contribution in [0, 0.1) is 11.3 Å². The first kappa shape index (κ1) is 15.2. The van der Waals surface area contributed by atoms with Crippen LogP contribution in [0.15, 0.2) is 47.1 Å². The van der Waals surface area contributed by atoms with Crippen molar-refractivity contribution in [3.63, 3.8) is 0 Å². The van der Waals surface area contributed by atoms with E-state index in [-0.39, 0.29) is 5.91 Å². The molecule has 0 aliphatic heterocycles. The topological polar surface area (TPSA) is 57.0 Å². The summed E-state index contributed by atoms with van der Waals surface area (Å²) in [5, 5.41) is 9.13. The summed E-state index contributed by atoms with van der Waals surface area (Å²) in [5.74, 6) is -0.155. The summed E-state index contributed by atoms with van der Waals surface area (Å²) in [6.45, 7) is 2.84. The molecular weight excluding hydrogens is 330 g/mol. The van der Waals surface area contributed by atoms with Crippen molar-refractivity contribution in [2.45, 2.75) is 13.5 Å². The molecule has 106 valence electrons. The first-order valence-corrected chi connectivity index (χ1v) is 7.34. The number of aromatic nitrogens is 1. The summed E-state index contributed by atoms with van der Waals surface area (Å²) < 4.78 is 0.669. The van der Waals surface area contributed by atoms with Gasteiger partial charge in [0.15, 0.2) is 0 Å². The van der Waals surface area contributed by atoms with Crippen molar-refractivity contribution < 1.29 is 4.79 Å². The minimum absolute atomic E-state index is 0.155. The number of benzene rings is 1. The molecule has 4 nitrogen and oxygen atoms in total. The third kappa shape index (κ3) is 3.47. The maximum absolute atomic E-state index is 12.6. The van der Waals surface area contributed by atoms with Crippen LogP contribution in [-0.2, 0) is 6.54 Å². The molecule has 0 radical (unpaired) electrons. The summed E-state index contributed by atoms with van der Waals surface area (Å²) in [6, 6.07) is 13.0. The second-order valence-corrected chi connectivity index (χ2v) is 5.28. The number of amides is 1. The zero-order valence-electron chi connectivity index (χ0n) is 11.6. The summed E-state index contributed by atoms with van der Waals surface area (Å²) in [4.78, 5) is 18.3. The Labute approximate surface area is 132 Å². The van der Waals surface area contributed by atoms with Crippen molar-refractivity contribution in [1.82, 2.24) is 9.88 Å². The molecule has 1 aromatic carbocycles. The third-order valence-corrected chi connectivity index (χ3v) is 3.77. The molecule has 0 saturated heterocycles. The van der Waals surface area contributed by atoms with Gasteiger partial charge in [-0.25, -0.2) is 4.98 Å². The van der Waals surface area contributed by atoms with E-state index in [0.29, 0.717) is 28.8 Å². The van der Waals surface area contributed by atoms with Crippen LogP contribution in [0.25, 0.3) is 0 Å². The van der Waals surface area contributed by atoms with Crippen molar-refractivity contribution >= 4 is 21.8 Å². The lowest BCUT2D eigenvalue weighted by Crippen LogP contribution is -2.31. The molecule has 0 N–H and O–H groups in total. The second-order valence-electron chi connectivity index (χ2n) is 4.42. The molecule has 0 unspecified atom stereocenters. The van der Waals surface area contributed by atoms with E-state index in [1.807, 2.05) is 25.1 Å². The Hall–Kier alpha value is -2.19. The van der Waals surface area contributed by atoms with Crippen molar-refractivity contribution in [1.29, 1.82) is 5.26 Å². The molecule has 1 amide bonds. The van der Waals surface area contributed by atoms with Crippen LogP contribution >= 0.6 is 15.9 Å². The number of halogens is 1. The number of carbonyl (C=O) groups excluding carboxylic acids is 1. The summed E-state index contributed by atoms with van der Waals surface area (Å²) in [7, 11) is 0. The van der Waals surface area contributed by atoms with Gasteiger partial charge in [-0.05, 0) is 46.6 Å². The smallest absolute Gasteiger partial charge is 0.273 e. The van der Waals surface area contributed by atoms with Gasteiger partial charge < -0.3 is 4.90 Å². The number of nitriles is 1. The first-order valence-electron chi connectivity index (χ1n) is 6.55. The first-order chi connectivity index (χ1) is 10.2. The third-order valence-electron chi connectivity index (χ3n) is 3.13. The Balaban J connectivity index is 2.27. The molecule has 0 spiro atoms. The monoisotopic (exact) mass is 343 g/mol. The van der Waals surface area contributed by atoms with Gasteiger partial charge in [0.05, 0.1) is 11.6 Å². The van der Waals surface area contributed by atoms with Crippen LogP contribution in [0.4, 0.5) is 0 Å². The van der Waals surface area contributed by atoms with Gasteiger partial charge in [0, 0.05) is 23.8 Å². The molecule has 21 heavy (non-hydrogen) atoms. The summed E-state index contributed by atoms with van der Waals surface area (Å²) >= 11 is 3.35. The van der Waals surface area contributed by atoms with Crippen molar-refractivity contribution in [2.75, 3.05) is 6.54 Å². The van der Waals surface area contributed by atoms with Gasteiger partial charge in [-0.2, -0.15) is 5.26 Å². The van der Waals surface area contributed by atoms with Crippen LogP contribution < -0.4 is 0 Å². The molecule has 0 bridgehead atoms. The highest BCUT2D eigenvalue weighted by Gasteiger charge is 2.19. The maximum Gasteiger partial charge on any atom is 0.273 e. The lowest BCUT2D eigenvalue weighted by molar-refractivity contribution is 0.0745. The van der Waals surface area contributed by atoms with Crippen molar-refractivity contribution in [2.24, 2.45) is 0 Å². The Kier molecular flexibility index (Phi) is 5.07. The van der Waals surface area contributed by atoms with E-state index >= 15 is 0 Å². The highest BCUT2D eigenvalue weighted by atomic mass is 79.9. The van der Waals surface area contributed by atoms with Crippen LogP contribution in [0.2, 0.25) is 0 Å². The van der Waals surface area contributed by atoms with Gasteiger partial charge in [-0.3, -0.25) is 4.79 Å². The number of carbonyl (C=O) groups is 1. The predicted octanol–water partition coefficient (Wildman–Crippen LogP) is 3.38. The zero-order valence-corrected chi connectivity index (χ0v) is 13.2.